The number of nitrogens with one attached hydrogen (secondary N) is 1. The number of aromatic nitrogens is 1. The van der Waals surface area contributed by atoms with Gasteiger partial charge in [-0.1, -0.05) is 12.2 Å². The lowest BCUT2D eigenvalue weighted by molar-refractivity contribution is 0.0654. The summed E-state index contributed by atoms with van der Waals surface area (Å²) < 4.78 is 0. The van der Waals surface area contributed by atoms with Crippen LogP contribution in [0, 0.1) is 0 Å². The molecule has 0 radical (unpaired) electrons. The van der Waals surface area contributed by atoms with Gasteiger partial charge in [-0.25, -0.2) is 0 Å². The maximum Gasteiger partial charge on any atom is 0.254 e. The molecule has 1 aromatic heterocycles. The molecule has 2 rings (SSSR count). The molecule has 1 aromatic rings. The molecule has 0 unspecified atom stereocenters. The molecule has 0 atom stereocenters. The van der Waals surface area contributed by atoms with E-state index in [0.717, 1.165) is 13.1 Å². The zero-order valence-corrected chi connectivity index (χ0v) is 11.3. The maximum absolute atomic E-state index is 12.2. The fraction of sp³-hybridized carbons (Fsp3) is 0.417. The van der Waals surface area contributed by atoms with E-state index < -0.39 is 0 Å². The van der Waals surface area contributed by atoms with Gasteiger partial charge in [-0.2, -0.15) is 0 Å². The summed E-state index contributed by atoms with van der Waals surface area (Å²) in [5, 5.41) is 0. The van der Waals surface area contributed by atoms with Crippen molar-refractivity contribution in [1.82, 2.24) is 14.8 Å². The van der Waals surface area contributed by atoms with Crippen molar-refractivity contribution in [3.05, 3.63) is 34.2 Å². The molecule has 0 aromatic carbocycles. The largest absolute Gasteiger partial charge is 0.392 e. The second-order valence-electron chi connectivity index (χ2n) is 4.48. The van der Waals surface area contributed by atoms with Crippen molar-refractivity contribution >= 4 is 23.1 Å². The van der Waals surface area contributed by atoms with Crippen LogP contribution in [0.5, 0.6) is 0 Å². The number of piperazine rings is 1. The third-order valence-corrected chi connectivity index (χ3v) is 3.19. The molecule has 7 heteroatoms. The van der Waals surface area contributed by atoms with E-state index in [1.54, 1.807) is 11.0 Å². The normalized spacial score (nSPS) is 16.3. The lowest BCUT2D eigenvalue weighted by Gasteiger charge is -2.34. The Bertz CT molecular complexity index is 535. The van der Waals surface area contributed by atoms with Crippen LogP contribution in [-0.4, -0.2) is 58.4 Å². The van der Waals surface area contributed by atoms with Gasteiger partial charge in [0.1, 0.15) is 0 Å². The highest BCUT2D eigenvalue weighted by molar-refractivity contribution is 7.80. The van der Waals surface area contributed by atoms with Gasteiger partial charge in [-0.05, 0) is 6.07 Å². The third kappa shape index (κ3) is 3.62. The lowest BCUT2D eigenvalue weighted by atomic mass is 10.2. The Hall–Kier alpha value is -1.73. The SMILES string of the molecule is NC(=S)CN1CCN(C(=O)c2cc[nH]c(=O)c2)CC1. The van der Waals surface area contributed by atoms with E-state index in [1.807, 2.05) is 0 Å². The van der Waals surface area contributed by atoms with Crippen LogP contribution in [0.25, 0.3) is 0 Å². The number of nitrogens with zero attached hydrogens (tertiary/aromatic N) is 2. The predicted octanol–water partition coefficient (Wildman–Crippen LogP) is -0.581. The van der Waals surface area contributed by atoms with Crippen LogP contribution in [0.15, 0.2) is 23.1 Å². The quantitative estimate of drug-likeness (QED) is 0.724. The van der Waals surface area contributed by atoms with Crippen LogP contribution >= 0.6 is 12.2 Å². The van der Waals surface area contributed by atoms with Crippen LogP contribution in [0.1, 0.15) is 10.4 Å². The number of pyridine rings is 1. The van der Waals surface area contributed by atoms with Gasteiger partial charge in [0.25, 0.3) is 5.91 Å². The van der Waals surface area contributed by atoms with Gasteiger partial charge >= 0.3 is 0 Å². The Balaban J connectivity index is 1.96. The molecule has 0 bridgehead atoms. The molecular formula is C12H16N4O2S. The fourth-order valence-electron chi connectivity index (χ4n) is 2.09. The molecule has 0 aliphatic carbocycles. The average molecular weight is 280 g/mol. The highest BCUT2D eigenvalue weighted by Gasteiger charge is 2.22. The summed E-state index contributed by atoms with van der Waals surface area (Å²) in [6.45, 7) is 3.31. The minimum absolute atomic E-state index is 0.110. The van der Waals surface area contributed by atoms with Gasteiger partial charge in [-0.15, -0.1) is 0 Å². The number of thiocarbonyl (C=S) groups is 1. The summed E-state index contributed by atoms with van der Waals surface area (Å²) >= 11 is 4.87. The molecule has 6 nitrogen and oxygen atoms in total. The molecule has 1 aliphatic heterocycles. The molecule has 19 heavy (non-hydrogen) atoms. The highest BCUT2D eigenvalue weighted by atomic mass is 32.1. The van der Waals surface area contributed by atoms with E-state index in [2.05, 4.69) is 9.88 Å². The molecule has 1 aliphatic rings. The number of carbonyl (C=O) groups is 1. The standard InChI is InChI=1S/C12H16N4O2S/c13-10(19)8-15-3-5-16(6-4-15)12(18)9-1-2-14-11(17)7-9/h1-2,7H,3-6,8H2,(H2,13,19)(H,14,17). The number of hydrogen-bond acceptors (Lipinski definition) is 4. The molecule has 0 saturated carbocycles. The monoisotopic (exact) mass is 280 g/mol. The number of hydrogen-bond donors (Lipinski definition) is 2. The number of H-pyrrole nitrogens is 1. The van der Waals surface area contributed by atoms with E-state index in [4.69, 9.17) is 18.0 Å². The van der Waals surface area contributed by atoms with Gasteiger partial charge in [0.15, 0.2) is 0 Å². The second-order valence-corrected chi connectivity index (χ2v) is 5.00. The molecule has 102 valence electrons. The minimum Gasteiger partial charge on any atom is -0.392 e. The average Bonchev–Trinajstić information content (AvgIpc) is 2.38. The predicted molar refractivity (Wildman–Crippen MR) is 76.2 cm³/mol. The van der Waals surface area contributed by atoms with Crippen LogP contribution < -0.4 is 11.3 Å². The molecule has 0 spiro atoms. The first-order valence-electron chi connectivity index (χ1n) is 6.05. The van der Waals surface area contributed by atoms with Crippen molar-refractivity contribution in [1.29, 1.82) is 0 Å². The molecule has 3 N–H and O–H groups in total. The highest BCUT2D eigenvalue weighted by Crippen LogP contribution is 2.07. The van der Waals surface area contributed by atoms with Gasteiger partial charge in [0.05, 0.1) is 4.99 Å². The Kier molecular flexibility index (Phi) is 4.28. The number of carbonyl (C=O) groups excluding carboxylic acids is 1. The van der Waals surface area contributed by atoms with Crippen molar-refractivity contribution in [2.45, 2.75) is 0 Å². The Labute approximate surface area is 116 Å². The topological polar surface area (TPSA) is 82.4 Å². The van der Waals surface area contributed by atoms with Crippen molar-refractivity contribution in [3.63, 3.8) is 0 Å². The van der Waals surface area contributed by atoms with Crippen molar-refractivity contribution in [3.8, 4) is 0 Å². The number of nitrogens with two attached hydrogens (primary N) is 1. The Morgan fingerprint density at radius 3 is 2.63 bits per heavy atom. The fourth-order valence-corrected chi connectivity index (χ4v) is 2.27. The summed E-state index contributed by atoms with van der Waals surface area (Å²) in [5.74, 6) is -0.110. The first-order chi connectivity index (χ1) is 9.06. The van der Waals surface area contributed by atoms with E-state index >= 15 is 0 Å². The second kappa shape index (κ2) is 5.94. The van der Waals surface area contributed by atoms with Crippen molar-refractivity contribution in [2.24, 2.45) is 5.73 Å². The minimum atomic E-state index is -0.266. The van der Waals surface area contributed by atoms with Crippen LogP contribution in [0.2, 0.25) is 0 Å². The summed E-state index contributed by atoms with van der Waals surface area (Å²) in [7, 11) is 0. The van der Waals surface area contributed by atoms with Crippen molar-refractivity contribution in [2.75, 3.05) is 32.7 Å². The molecule has 1 saturated heterocycles. The Morgan fingerprint density at radius 1 is 1.37 bits per heavy atom. The summed E-state index contributed by atoms with van der Waals surface area (Å²) in [4.78, 5) is 30.2. The molecule has 1 amide bonds. The lowest BCUT2D eigenvalue weighted by Crippen LogP contribution is -2.50. The van der Waals surface area contributed by atoms with Crippen LogP contribution in [-0.2, 0) is 0 Å². The summed E-state index contributed by atoms with van der Waals surface area (Å²) in [5.41, 5.74) is 5.65. The summed E-state index contributed by atoms with van der Waals surface area (Å²) in [6, 6.07) is 2.94. The zero-order valence-electron chi connectivity index (χ0n) is 10.5. The maximum atomic E-state index is 12.2. The molecular weight excluding hydrogens is 264 g/mol. The summed E-state index contributed by atoms with van der Waals surface area (Å²) in [6.07, 6.45) is 1.48. The van der Waals surface area contributed by atoms with E-state index in [9.17, 15) is 9.59 Å². The Morgan fingerprint density at radius 2 is 2.05 bits per heavy atom. The number of aromatic amines is 1. The van der Waals surface area contributed by atoms with Gasteiger partial charge in [-0.3, -0.25) is 14.5 Å². The van der Waals surface area contributed by atoms with Gasteiger partial charge < -0.3 is 15.6 Å². The smallest absolute Gasteiger partial charge is 0.254 e. The molecule has 1 fully saturated rings. The van der Waals surface area contributed by atoms with E-state index in [-0.39, 0.29) is 11.5 Å². The van der Waals surface area contributed by atoms with Crippen molar-refractivity contribution < 1.29 is 4.79 Å². The van der Waals surface area contributed by atoms with E-state index in [0.29, 0.717) is 30.2 Å². The van der Waals surface area contributed by atoms with Gasteiger partial charge in [0.2, 0.25) is 5.56 Å². The first-order valence-corrected chi connectivity index (χ1v) is 6.46. The zero-order chi connectivity index (χ0) is 13.8. The molecule has 2 heterocycles. The first kappa shape index (κ1) is 13.7. The van der Waals surface area contributed by atoms with Gasteiger partial charge in [0, 0.05) is 50.6 Å². The van der Waals surface area contributed by atoms with Crippen LogP contribution in [0.4, 0.5) is 0 Å². The van der Waals surface area contributed by atoms with Crippen LogP contribution in [0.3, 0.4) is 0 Å². The third-order valence-electron chi connectivity index (χ3n) is 3.06. The number of amides is 1. The van der Waals surface area contributed by atoms with E-state index in [1.165, 1.54) is 12.3 Å². The number of rotatable bonds is 3.